The Labute approximate surface area is 128 Å². The molecule has 0 saturated heterocycles. The lowest BCUT2D eigenvalue weighted by Gasteiger charge is -2.18. The van der Waals surface area contributed by atoms with Crippen LogP contribution >= 0.6 is 0 Å². The van der Waals surface area contributed by atoms with Crippen LogP contribution in [0.2, 0.25) is 0 Å². The van der Waals surface area contributed by atoms with E-state index in [9.17, 15) is 22.0 Å². The summed E-state index contributed by atoms with van der Waals surface area (Å²) in [5.41, 5.74) is 0. The topological polar surface area (TPSA) is 75.3 Å². The number of nitrogens with one attached hydrogen (secondary N) is 2. The Kier molecular flexibility index (Phi) is 5.12. The molecule has 2 N–H and O–H groups in total. The lowest BCUT2D eigenvalue weighted by molar-refractivity contribution is -0.123. The van der Waals surface area contributed by atoms with Crippen LogP contribution in [-0.4, -0.2) is 26.4 Å². The fraction of sp³-hybridized carbons (Fsp3) is 0.500. The van der Waals surface area contributed by atoms with E-state index in [0.29, 0.717) is 6.07 Å². The lowest BCUT2D eigenvalue weighted by atomic mass is 10.2. The molecule has 1 saturated carbocycles. The van der Waals surface area contributed by atoms with Crippen molar-refractivity contribution in [1.29, 1.82) is 0 Å². The summed E-state index contributed by atoms with van der Waals surface area (Å²) >= 11 is 0. The molecule has 1 aliphatic rings. The van der Waals surface area contributed by atoms with Crippen molar-refractivity contribution in [3.8, 4) is 0 Å². The van der Waals surface area contributed by atoms with Gasteiger partial charge in [-0.05, 0) is 31.9 Å². The molecule has 1 aromatic rings. The molecule has 5 nitrogen and oxygen atoms in total. The molecule has 122 valence electrons. The first-order chi connectivity index (χ1) is 10.3. The largest absolute Gasteiger partial charge is 0.352 e. The van der Waals surface area contributed by atoms with Crippen molar-refractivity contribution < 1.29 is 22.0 Å². The van der Waals surface area contributed by atoms with E-state index < -0.39 is 38.5 Å². The molecule has 0 heterocycles. The van der Waals surface area contributed by atoms with Crippen LogP contribution < -0.4 is 10.0 Å². The fourth-order valence-electron chi connectivity index (χ4n) is 2.44. The molecule has 8 heteroatoms. The molecule has 22 heavy (non-hydrogen) atoms. The van der Waals surface area contributed by atoms with Crippen LogP contribution in [0.15, 0.2) is 23.1 Å². The van der Waals surface area contributed by atoms with E-state index in [1.54, 1.807) is 0 Å². The number of sulfonamides is 1. The number of rotatable bonds is 5. The normalized spacial score (nSPS) is 17.4. The van der Waals surface area contributed by atoms with E-state index in [-0.39, 0.29) is 6.04 Å². The minimum Gasteiger partial charge on any atom is -0.352 e. The van der Waals surface area contributed by atoms with Crippen LogP contribution in [0.3, 0.4) is 0 Å². The Hall–Kier alpha value is -1.54. The second kappa shape index (κ2) is 6.70. The highest BCUT2D eigenvalue weighted by Crippen LogP contribution is 2.18. The molecule has 0 aliphatic heterocycles. The quantitative estimate of drug-likeness (QED) is 0.862. The Bertz CT molecular complexity index is 658. The molecule has 2 rings (SSSR count). The smallest absolute Gasteiger partial charge is 0.244 e. The van der Waals surface area contributed by atoms with Gasteiger partial charge in [0.2, 0.25) is 15.9 Å². The molecular formula is C14H18F2N2O3S. The number of hydrogen-bond acceptors (Lipinski definition) is 3. The predicted octanol–water partition coefficient (Wildman–Crippen LogP) is 1.69. The molecule has 0 aromatic heterocycles. The van der Waals surface area contributed by atoms with Crippen molar-refractivity contribution >= 4 is 15.9 Å². The lowest BCUT2D eigenvalue weighted by Crippen LogP contribution is -2.47. The van der Waals surface area contributed by atoms with Crippen molar-refractivity contribution in [3.63, 3.8) is 0 Å². The molecule has 0 radical (unpaired) electrons. The first-order valence-electron chi connectivity index (χ1n) is 7.07. The third-order valence-electron chi connectivity index (χ3n) is 3.61. The third-order valence-corrected chi connectivity index (χ3v) is 5.18. The highest BCUT2D eigenvalue weighted by Gasteiger charge is 2.26. The van der Waals surface area contributed by atoms with Gasteiger partial charge in [-0.3, -0.25) is 4.79 Å². The second-order valence-corrected chi connectivity index (χ2v) is 7.09. The molecule has 0 bridgehead atoms. The summed E-state index contributed by atoms with van der Waals surface area (Å²) in [4.78, 5) is 11.3. The molecule has 1 unspecified atom stereocenters. The van der Waals surface area contributed by atoms with Crippen molar-refractivity contribution in [2.24, 2.45) is 0 Å². The summed E-state index contributed by atoms with van der Waals surface area (Å²) in [7, 11) is -4.24. The fourth-order valence-corrected chi connectivity index (χ4v) is 3.70. The van der Waals surface area contributed by atoms with E-state index in [1.165, 1.54) is 6.92 Å². The van der Waals surface area contributed by atoms with E-state index in [4.69, 9.17) is 0 Å². The monoisotopic (exact) mass is 332 g/mol. The van der Waals surface area contributed by atoms with Crippen molar-refractivity contribution in [1.82, 2.24) is 10.0 Å². The average Bonchev–Trinajstić information content (AvgIpc) is 2.90. The minimum atomic E-state index is -4.24. The van der Waals surface area contributed by atoms with Gasteiger partial charge in [0.1, 0.15) is 16.5 Å². The molecule has 1 aromatic carbocycles. The number of carbonyl (C=O) groups is 1. The Morgan fingerprint density at radius 2 is 1.91 bits per heavy atom. The minimum absolute atomic E-state index is 0.0574. The summed E-state index contributed by atoms with van der Waals surface area (Å²) in [6.45, 7) is 1.38. The zero-order valence-electron chi connectivity index (χ0n) is 12.1. The predicted molar refractivity (Wildman–Crippen MR) is 76.5 cm³/mol. The van der Waals surface area contributed by atoms with Crippen LogP contribution in [0.1, 0.15) is 32.6 Å². The van der Waals surface area contributed by atoms with E-state index >= 15 is 0 Å². The van der Waals surface area contributed by atoms with Crippen molar-refractivity contribution in [2.75, 3.05) is 0 Å². The maximum Gasteiger partial charge on any atom is 0.244 e. The van der Waals surface area contributed by atoms with Gasteiger partial charge < -0.3 is 5.32 Å². The van der Waals surface area contributed by atoms with Gasteiger partial charge in [0, 0.05) is 12.1 Å². The van der Waals surface area contributed by atoms with Gasteiger partial charge in [0.25, 0.3) is 0 Å². The summed E-state index contributed by atoms with van der Waals surface area (Å²) < 4.78 is 52.6. The number of halogens is 2. The summed E-state index contributed by atoms with van der Waals surface area (Å²) in [6.07, 6.45) is 3.81. The van der Waals surface area contributed by atoms with Gasteiger partial charge in [0.05, 0.1) is 6.04 Å². The maximum atomic E-state index is 13.6. The maximum absolute atomic E-state index is 13.6. The molecule has 1 aliphatic carbocycles. The van der Waals surface area contributed by atoms with Gasteiger partial charge in [-0.25, -0.2) is 17.2 Å². The van der Waals surface area contributed by atoms with Gasteiger partial charge in [-0.15, -0.1) is 0 Å². The van der Waals surface area contributed by atoms with Crippen molar-refractivity contribution in [2.45, 2.75) is 49.6 Å². The second-order valence-electron chi connectivity index (χ2n) is 5.41. The number of benzene rings is 1. The third kappa shape index (κ3) is 4.01. The van der Waals surface area contributed by atoms with Crippen LogP contribution in [0.25, 0.3) is 0 Å². The SMILES string of the molecule is CC(NS(=O)(=O)c1ccc(F)cc1F)C(=O)NC1CCCC1. The first kappa shape index (κ1) is 16.8. The number of hydrogen-bond donors (Lipinski definition) is 2. The summed E-state index contributed by atoms with van der Waals surface area (Å²) in [6, 6.07) is 1.17. The van der Waals surface area contributed by atoms with Crippen LogP contribution in [0, 0.1) is 11.6 Å². The van der Waals surface area contributed by atoms with E-state index in [1.807, 2.05) is 0 Å². The standard InChI is InChI=1S/C14H18F2N2O3S/c1-9(14(19)17-11-4-2-3-5-11)18-22(20,21)13-7-6-10(15)8-12(13)16/h6-9,11,18H,2-5H2,1H3,(H,17,19). The average molecular weight is 332 g/mol. The van der Waals surface area contributed by atoms with Crippen LogP contribution in [0.5, 0.6) is 0 Å². The summed E-state index contributed by atoms with van der Waals surface area (Å²) in [5, 5.41) is 2.76. The Morgan fingerprint density at radius 1 is 1.27 bits per heavy atom. The van der Waals surface area contributed by atoms with Gasteiger partial charge in [0.15, 0.2) is 0 Å². The highest BCUT2D eigenvalue weighted by molar-refractivity contribution is 7.89. The molecule has 0 spiro atoms. The number of amides is 1. The Balaban J connectivity index is 2.05. The zero-order valence-corrected chi connectivity index (χ0v) is 12.9. The molecule has 1 fully saturated rings. The molecular weight excluding hydrogens is 314 g/mol. The summed E-state index contributed by atoms with van der Waals surface area (Å²) in [5.74, 6) is -2.53. The van der Waals surface area contributed by atoms with Gasteiger partial charge in [-0.2, -0.15) is 4.72 Å². The van der Waals surface area contributed by atoms with E-state index in [0.717, 1.165) is 37.8 Å². The van der Waals surface area contributed by atoms with Crippen LogP contribution in [-0.2, 0) is 14.8 Å². The highest BCUT2D eigenvalue weighted by atomic mass is 32.2. The Morgan fingerprint density at radius 3 is 2.50 bits per heavy atom. The van der Waals surface area contributed by atoms with Gasteiger partial charge in [-0.1, -0.05) is 12.8 Å². The first-order valence-corrected chi connectivity index (χ1v) is 8.55. The van der Waals surface area contributed by atoms with Crippen LogP contribution in [0.4, 0.5) is 8.78 Å². The van der Waals surface area contributed by atoms with E-state index in [2.05, 4.69) is 10.0 Å². The number of carbonyl (C=O) groups excluding carboxylic acids is 1. The van der Waals surface area contributed by atoms with Crippen molar-refractivity contribution in [3.05, 3.63) is 29.8 Å². The molecule has 1 atom stereocenters. The molecule has 1 amide bonds. The zero-order chi connectivity index (χ0) is 16.3. The van der Waals surface area contributed by atoms with Gasteiger partial charge >= 0.3 is 0 Å².